The predicted octanol–water partition coefficient (Wildman–Crippen LogP) is 2.27. The maximum atomic E-state index is 13.2. The average molecular weight is 436 g/mol. The molecule has 0 radical (unpaired) electrons. The molecule has 0 spiro atoms. The van der Waals surface area contributed by atoms with Crippen LogP contribution in [0.5, 0.6) is 11.5 Å². The van der Waals surface area contributed by atoms with E-state index in [2.05, 4.69) is 0 Å². The molecule has 1 aromatic carbocycles. The number of carbonyl (C=O) groups is 1. The van der Waals surface area contributed by atoms with Crippen LogP contribution in [0.2, 0.25) is 0 Å². The lowest BCUT2D eigenvalue weighted by molar-refractivity contribution is 0.0724. The molecule has 0 unspecified atom stereocenters. The predicted molar refractivity (Wildman–Crippen MR) is 114 cm³/mol. The highest BCUT2D eigenvalue weighted by molar-refractivity contribution is 7.89. The zero-order chi connectivity index (χ0) is 22.1. The quantitative estimate of drug-likeness (QED) is 0.667. The second kappa shape index (κ2) is 8.69. The summed E-state index contributed by atoms with van der Waals surface area (Å²) in [6.07, 6.45) is 2.20. The van der Waals surface area contributed by atoms with Crippen molar-refractivity contribution in [2.24, 2.45) is 7.05 Å². The molecule has 0 aliphatic carbocycles. The highest BCUT2D eigenvalue weighted by Crippen LogP contribution is 2.33. The first-order chi connectivity index (χ1) is 14.3. The summed E-state index contributed by atoms with van der Waals surface area (Å²) in [5, 5.41) is 0. The van der Waals surface area contributed by atoms with Gasteiger partial charge in [0.05, 0.1) is 14.2 Å². The van der Waals surface area contributed by atoms with Gasteiger partial charge in [-0.25, -0.2) is 8.42 Å². The Labute approximate surface area is 178 Å². The largest absolute Gasteiger partial charge is 0.493 e. The topological polar surface area (TPSA) is 81.1 Å². The van der Waals surface area contributed by atoms with Gasteiger partial charge in [0.15, 0.2) is 11.5 Å². The number of nitrogens with zero attached hydrogens (tertiary/aromatic N) is 3. The Bertz CT molecular complexity index is 1040. The van der Waals surface area contributed by atoms with Gasteiger partial charge in [0.1, 0.15) is 10.6 Å². The lowest BCUT2D eigenvalue weighted by Gasteiger charge is -2.29. The summed E-state index contributed by atoms with van der Waals surface area (Å²) in [7, 11) is 1.25. The summed E-state index contributed by atoms with van der Waals surface area (Å²) >= 11 is 0. The summed E-state index contributed by atoms with van der Waals surface area (Å²) in [5.41, 5.74) is 2.47. The van der Waals surface area contributed by atoms with E-state index in [1.807, 2.05) is 12.1 Å². The number of rotatable bonds is 7. The first-order valence-electron chi connectivity index (χ1n) is 9.96. The molecular formula is C21H29N3O5S. The van der Waals surface area contributed by atoms with E-state index in [9.17, 15) is 13.2 Å². The number of amides is 1. The highest BCUT2D eigenvalue weighted by Gasteiger charge is 2.29. The summed E-state index contributed by atoms with van der Waals surface area (Å²) < 4.78 is 39.3. The number of aryl methyl sites for hydroxylation is 1. The smallest absolute Gasteiger partial charge is 0.270 e. The van der Waals surface area contributed by atoms with Crippen molar-refractivity contribution in [3.8, 4) is 11.5 Å². The normalized spacial score (nSPS) is 14.0. The molecule has 30 heavy (non-hydrogen) atoms. The standard InChI is InChI=1S/C21H29N3O5S/c1-6-24(7-2)30(26,27)17-12-18(22(3)14-17)21(25)23-9-8-15-10-19(28-4)20(29-5)11-16(15)13-23/h10-12,14H,6-9,13H2,1-5H3. The average Bonchev–Trinajstić information content (AvgIpc) is 3.14. The van der Waals surface area contributed by atoms with E-state index in [4.69, 9.17) is 9.47 Å². The van der Waals surface area contributed by atoms with Crippen LogP contribution in [0.4, 0.5) is 0 Å². The second-order valence-corrected chi connectivity index (χ2v) is 9.15. The van der Waals surface area contributed by atoms with Crippen molar-refractivity contribution in [1.82, 2.24) is 13.8 Å². The van der Waals surface area contributed by atoms with Crippen LogP contribution in [0.25, 0.3) is 0 Å². The highest BCUT2D eigenvalue weighted by atomic mass is 32.2. The summed E-state index contributed by atoms with van der Waals surface area (Å²) in [6.45, 7) is 5.33. The number of sulfonamides is 1. The Morgan fingerprint density at radius 1 is 1.07 bits per heavy atom. The van der Waals surface area contributed by atoms with Crippen molar-refractivity contribution < 1.29 is 22.7 Å². The molecule has 0 fully saturated rings. The maximum Gasteiger partial charge on any atom is 0.270 e. The SMILES string of the molecule is CCN(CC)S(=O)(=O)c1cc(C(=O)N2CCc3cc(OC)c(OC)cc3C2)n(C)c1. The molecule has 0 bridgehead atoms. The molecule has 1 aromatic heterocycles. The summed E-state index contributed by atoms with van der Waals surface area (Å²) in [4.78, 5) is 15.1. The zero-order valence-corrected chi connectivity index (χ0v) is 19.0. The number of hydrogen-bond donors (Lipinski definition) is 0. The van der Waals surface area contributed by atoms with Gasteiger partial charge in [0.2, 0.25) is 10.0 Å². The van der Waals surface area contributed by atoms with Crippen LogP contribution in [0.3, 0.4) is 0 Å². The van der Waals surface area contributed by atoms with Crippen LogP contribution < -0.4 is 9.47 Å². The van der Waals surface area contributed by atoms with Crippen molar-refractivity contribution in [2.45, 2.75) is 31.7 Å². The van der Waals surface area contributed by atoms with Gasteiger partial charge in [-0.1, -0.05) is 13.8 Å². The lowest BCUT2D eigenvalue weighted by Crippen LogP contribution is -2.36. The number of fused-ring (bicyclic) bond motifs is 1. The van der Waals surface area contributed by atoms with E-state index < -0.39 is 10.0 Å². The monoisotopic (exact) mass is 435 g/mol. The fourth-order valence-electron chi connectivity index (χ4n) is 3.82. The molecule has 164 valence electrons. The second-order valence-electron chi connectivity index (χ2n) is 7.21. The number of aromatic nitrogens is 1. The van der Waals surface area contributed by atoms with Crippen molar-refractivity contribution in [1.29, 1.82) is 0 Å². The van der Waals surface area contributed by atoms with Crippen LogP contribution in [0, 0.1) is 0 Å². The van der Waals surface area contributed by atoms with E-state index in [0.717, 1.165) is 11.1 Å². The third-order valence-corrected chi connectivity index (χ3v) is 7.56. The fraction of sp³-hybridized carbons (Fsp3) is 0.476. The van der Waals surface area contributed by atoms with Gasteiger partial charge in [-0.05, 0) is 35.7 Å². The first-order valence-corrected chi connectivity index (χ1v) is 11.4. The van der Waals surface area contributed by atoms with Crippen molar-refractivity contribution in [3.05, 3.63) is 41.2 Å². The van der Waals surface area contributed by atoms with Gasteiger partial charge in [-0.3, -0.25) is 4.79 Å². The fourth-order valence-corrected chi connectivity index (χ4v) is 5.35. The molecule has 0 N–H and O–H groups in total. The third-order valence-electron chi connectivity index (χ3n) is 5.55. The molecule has 2 aromatic rings. The van der Waals surface area contributed by atoms with Gasteiger partial charge < -0.3 is 18.9 Å². The minimum absolute atomic E-state index is 0.140. The maximum absolute atomic E-state index is 13.2. The summed E-state index contributed by atoms with van der Waals surface area (Å²) in [5.74, 6) is 1.10. The van der Waals surface area contributed by atoms with Crippen LogP contribution >= 0.6 is 0 Å². The summed E-state index contributed by atoms with van der Waals surface area (Å²) in [6, 6.07) is 5.32. The Morgan fingerprint density at radius 3 is 2.23 bits per heavy atom. The van der Waals surface area contributed by atoms with E-state index in [0.29, 0.717) is 49.8 Å². The molecular weight excluding hydrogens is 406 g/mol. The van der Waals surface area contributed by atoms with Crippen LogP contribution in [0.1, 0.15) is 35.5 Å². The van der Waals surface area contributed by atoms with E-state index >= 15 is 0 Å². The number of hydrogen-bond acceptors (Lipinski definition) is 5. The van der Waals surface area contributed by atoms with Crippen molar-refractivity contribution in [2.75, 3.05) is 33.9 Å². The van der Waals surface area contributed by atoms with Gasteiger partial charge in [0.25, 0.3) is 5.91 Å². The molecule has 0 atom stereocenters. The number of methoxy groups -OCH3 is 2. The van der Waals surface area contributed by atoms with E-state index in [1.54, 1.807) is 44.6 Å². The molecule has 1 aliphatic heterocycles. The minimum Gasteiger partial charge on any atom is -0.493 e. The molecule has 8 nitrogen and oxygen atoms in total. The number of benzene rings is 1. The Morgan fingerprint density at radius 2 is 1.67 bits per heavy atom. The van der Waals surface area contributed by atoms with Crippen LogP contribution in [-0.2, 0) is 30.0 Å². The number of ether oxygens (including phenoxy) is 2. The van der Waals surface area contributed by atoms with Gasteiger partial charge in [-0.2, -0.15) is 4.31 Å². The Balaban J connectivity index is 1.88. The molecule has 2 heterocycles. The van der Waals surface area contributed by atoms with Crippen molar-refractivity contribution >= 4 is 15.9 Å². The molecule has 3 rings (SSSR count). The van der Waals surface area contributed by atoms with Crippen molar-refractivity contribution in [3.63, 3.8) is 0 Å². The van der Waals surface area contributed by atoms with Gasteiger partial charge in [-0.15, -0.1) is 0 Å². The molecule has 9 heteroatoms. The van der Waals surface area contributed by atoms with Gasteiger partial charge in [0, 0.05) is 39.4 Å². The molecule has 0 saturated heterocycles. The zero-order valence-electron chi connectivity index (χ0n) is 18.1. The first kappa shape index (κ1) is 22.2. The van der Waals surface area contributed by atoms with Crippen LogP contribution in [-0.4, -0.2) is 62.0 Å². The number of carbonyl (C=O) groups excluding carboxylic acids is 1. The lowest BCUT2D eigenvalue weighted by atomic mass is 9.98. The molecule has 1 amide bonds. The van der Waals surface area contributed by atoms with Gasteiger partial charge >= 0.3 is 0 Å². The molecule has 0 saturated carbocycles. The van der Waals surface area contributed by atoms with Crippen LogP contribution in [0.15, 0.2) is 29.3 Å². The Hall–Kier alpha value is -2.52. The Kier molecular flexibility index (Phi) is 6.42. The third kappa shape index (κ3) is 3.91. The van der Waals surface area contributed by atoms with E-state index in [-0.39, 0.29) is 10.8 Å². The molecule has 1 aliphatic rings. The minimum atomic E-state index is -3.62. The van der Waals surface area contributed by atoms with E-state index in [1.165, 1.54) is 16.6 Å².